The van der Waals surface area contributed by atoms with Crippen molar-refractivity contribution in [2.45, 2.75) is 58.0 Å². The number of nitrogens with zero attached hydrogens (tertiary/aromatic N) is 4. The van der Waals surface area contributed by atoms with Gasteiger partial charge < -0.3 is 4.90 Å². The first kappa shape index (κ1) is 16.0. The molecule has 4 heterocycles. The maximum absolute atomic E-state index is 12.7. The number of carbonyl (C=O) groups excluding carboxylic acids is 1. The lowest BCUT2D eigenvalue weighted by molar-refractivity contribution is -0.138. The second-order valence-electron chi connectivity index (χ2n) is 7.76. The van der Waals surface area contributed by atoms with E-state index < -0.39 is 0 Å². The predicted molar refractivity (Wildman–Crippen MR) is 92.3 cm³/mol. The molecule has 0 N–H and O–H groups in total. The molecular formula is C19H28N4O. The van der Waals surface area contributed by atoms with Crippen LogP contribution in [0.3, 0.4) is 0 Å². The quantitative estimate of drug-likeness (QED) is 0.851. The predicted octanol–water partition coefficient (Wildman–Crippen LogP) is 2.26. The van der Waals surface area contributed by atoms with Crippen molar-refractivity contribution in [2.75, 3.05) is 19.6 Å². The topological polar surface area (TPSA) is 49.3 Å². The largest absolute Gasteiger partial charge is 0.341 e. The lowest BCUT2D eigenvalue weighted by Gasteiger charge is -2.36. The minimum atomic E-state index is 0.325. The molecule has 0 spiro atoms. The van der Waals surface area contributed by atoms with E-state index in [2.05, 4.69) is 26.7 Å². The molecule has 3 aliphatic heterocycles. The third-order valence-corrected chi connectivity index (χ3v) is 6.05. The smallest absolute Gasteiger partial charge is 0.225 e. The monoisotopic (exact) mass is 328 g/mol. The summed E-state index contributed by atoms with van der Waals surface area (Å²) in [5.41, 5.74) is 1.19. The summed E-state index contributed by atoms with van der Waals surface area (Å²) in [7, 11) is 0. The van der Waals surface area contributed by atoms with Crippen molar-refractivity contribution < 1.29 is 4.79 Å². The van der Waals surface area contributed by atoms with E-state index >= 15 is 0 Å². The highest BCUT2D eigenvalue weighted by Gasteiger charge is 2.39. The SMILES string of the molecule is CCc1ncc(CN2C[C@@H]3CC[C@H]2CN(C(=O)C2CCC2)C3)cn1. The maximum Gasteiger partial charge on any atom is 0.225 e. The first-order chi connectivity index (χ1) is 11.7. The molecule has 24 heavy (non-hydrogen) atoms. The van der Waals surface area contributed by atoms with Gasteiger partial charge >= 0.3 is 0 Å². The number of piperidine rings is 1. The van der Waals surface area contributed by atoms with Gasteiger partial charge in [-0.2, -0.15) is 0 Å². The zero-order chi connectivity index (χ0) is 16.5. The van der Waals surface area contributed by atoms with Gasteiger partial charge in [0.05, 0.1) is 0 Å². The first-order valence-corrected chi connectivity index (χ1v) is 9.55. The zero-order valence-corrected chi connectivity index (χ0v) is 14.7. The number of hydrogen-bond donors (Lipinski definition) is 0. The Morgan fingerprint density at radius 1 is 1.12 bits per heavy atom. The number of aryl methyl sites for hydroxylation is 1. The number of amides is 1. The molecule has 1 amide bonds. The molecule has 5 nitrogen and oxygen atoms in total. The van der Waals surface area contributed by atoms with Crippen molar-refractivity contribution in [3.63, 3.8) is 0 Å². The molecule has 0 radical (unpaired) electrons. The summed E-state index contributed by atoms with van der Waals surface area (Å²) in [4.78, 5) is 26.3. The molecule has 130 valence electrons. The van der Waals surface area contributed by atoms with Crippen LogP contribution in [0.25, 0.3) is 0 Å². The standard InChI is InChI=1S/C19H28N4O/c1-2-18-20-8-15(9-21-18)12-22-10-14-6-7-17(22)13-23(11-14)19(24)16-4-3-5-16/h8-9,14,16-17H,2-7,10-13H2,1H3/t14-,17-/m0/s1. The molecule has 1 saturated carbocycles. The van der Waals surface area contributed by atoms with Crippen molar-refractivity contribution in [1.29, 1.82) is 0 Å². The molecule has 0 unspecified atom stereocenters. The van der Waals surface area contributed by atoms with Crippen LogP contribution in [0.1, 0.15) is 50.4 Å². The van der Waals surface area contributed by atoms with Gasteiger partial charge in [0.25, 0.3) is 0 Å². The van der Waals surface area contributed by atoms with Gasteiger partial charge in [0.15, 0.2) is 0 Å². The molecule has 2 bridgehead atoms. The Labute approximate surface area is 144 Å². The van der Waals surface area contributed by atoms with E-state index in [1.165, 1.54) is 24.8 Å². The van der Waals surface area contributed by atoms with Crippen LogP contribution < -0.4 is 0 Å². The number of rotatable bonds is 4. The fraction of sp³-hybridized carbons (Fsp3) is 0.737. The van der Waals surface area contributed by atoms with E-state index in [9.17, 15) is 4.79 Å². The molecule has 1 aromatic heterocycles. The third-order valence-electron chi connectivity index (χ3n) is 6.05. The van der Waals surface area contributed by atoms with Gasteiger partial charge in [-0.25, -0.2) is 9.97 Å². The molecule has 4 fully saturated rings. The lowest BCUT2D eigenvalue weighted by Crippen LogP contribution is -2.45. The average Bonchev–Trinajstić information content (AvgIpc) is 2.86. The van der Waals surface area contributed by atoms with Gasteiger partial charge in [-0.1, -0.05) is 13.3 Å². The van der Waals surface area contributed by atoms with E-state index in [0.29, 0.717) is 23.8 Å². The van der Waals surface area contributed by atoms with Crippen molar-refractivity contribution in [1.82, 2.24) is 19.8 Å². The van der Waals surface area contributed by atoms with Crippen molar-refractivity contribution in [3.05, 3.63) is 23.8 Å². The number of hydrogen-bond acceptors (Lipinski definition) is 4. The maximum atomic E-state index is 12.7. The average molecular weight is 328 g/mol. The Balaban J connectivity index is 1.43. The Bertz CT molecular complexity index is 584. The summed E-state index contributed by atoms with van der Waals surface area (Å²) < 4.78 is 0. The minimum Gasteiger partial charge on any atom is -0.341 e. The van der Waals surface area contributed by atoms with E-state index in [0.717, 1.165) is 51.3 Å². The highest BCUT2D eigenvalue weighted by atomic mass is 16.2. The van der Waals surface area contributed by atoms with Gasteiger partial charge in [0.1, 0.15) is 5.82 Å². The highest BCUT2D eigenvalue weighted by molar-refractivity contribution is 5.79. The van der Waals surface area contributed by atoms with Crippen LogP contribution in [0.15, 0.2) is 12.4 Å². The summed E-state index contributed by atoms with van der Waals surface area (Å²) in [6.45, 7) is 5.98. The van der Waals surface area contributed by atoms with E-state index in [1.807, 2.05) is 12.4 Å². The number of aromatic nitrogens is 2. The minimum absolute atomic E-state index is 0.325. The molecule has 5 heteroatoms. The number of carbonyl (C=O) groups is 1. The summed E-state index contributed by atoms with van der Waals surface area (Å²) in [6, 6.07) is 0.499. The summed E-state index contributed by atoms with van der Waals surface area (Å²) in [5, 5.41) is 0. The second kappa shape index (κ2) is 6.79. The Hall–Kier alpha value is -1.49. The van der Waals surface area contributed by atoms with Crippen LogP contribution in [0.4, 0.5) is 0 Å². The van der Waals surface area contributed by atoms with Crippen LogP contribution in [0.5, 0.6) is 0 Å². The molecular weight excluding hydrogens is 300 g/mol. The molecule has 0 aromatic carbocycles. The fourth-order valence-corrected chi connectivity index (χ4v) is 4.35. The third kappa shape index (κ3) is 3.18. The van der Waals surface area contributed by atoms with Crippen LogP contribution in [0, 0.1) is 11.8 Å². The van der Waals surface area contributed by atoms with E-state index in [1.54, 1.807) is 0 Å². The normalized spacial score (nSPS) is 27.8. The first-order valence-electron chi connectivity index (χ1n) is 9.55. The van der Waals surface area contributed by atoms with Gasteiger partial charge in [-0.15, -0.1) is 0 Å². The van der Waals surface area contributed by atoms with Crippen LogP contribution in [-0.4, -0.2) is 51.4 Å². The van der Waals surface area contributed by atoms with Crippen LogP contribution in [-0.2, 0) is 17.8 Å². The molecule has 3 saturated heterocycles. The summed E-state index contributed by atoms with van der Waals surface area (Å²) >= 11 is 0. The molecule has 1 aliphatic carbocycles. The van der Waals surface area contributed by atoms with Gasteiger partial charge in [-0.3, -0.25) is 9.69 Å². The Morgan fingerprint density at radius 2 is 1.92 bits per heavy atom. The van der Waals surface area contributed by atoms with Gasteiger partial charge in [0.2, 0.25) is 5.91 Å². The van der Waals surface area contributed by atoms with E-state index in [4.69, 9.17) is 0 Å². The summed E-state index contributed by atoms with van der Waals surface area (Å²) in [5.74, 6) is 2.29. The van der Waals surface area contributed by atoms with Crippen molar-refractivity contribution in [3.8, 4) is 0 Å². The van der Waals surface area contributed by atoms with E-state index in [-0.39, 0.29) is 0 Å². The Morgan fingerprint density at radius 3 is 2.58 bits per heavy atom. The highest BCUT2D eigenvalue weighted by Crippen LogP contribution is 2.33. The molecule has 2 atom stereocenters. The lowest BCUT2D eigenvalue weighted by atomic mass is 9.84. The van der Waals surface area contributed by atoms with Crippen molar-refractivity contribution >= 4 is 5.91 Å². The van der Waals surface area contributed by atoms with Crippen molar-refractivity contribution in [2.24, 2.45) is 11.8 Å². The van der Waals surface area contributed by atoms with Gasteiger partial charge in [0, 0.05) is 62.5 Å². The van der Waals surface area contributed by atoms with Crippen LogP contribution in [0.2, 0.25) is 0 Å². The second-order valence-corrected chi connectivity index (χ2v) is 7.76. The molecule has 4 aliphatic rings. The Kier molecular flexibility index (Phi) is 4.53. The molecule has 5 rings (SSSR count). The molecule has 1 aromatic rings. The zero-order valence-electron chi connectivity index (χ0n) is 14.7. The van der Waals surface area contributed by atoms with Gasteiger partial charge in [-0.05, 0) is 31.6 Å². The fourth-order valence-electron chi connectivity index (χ4n) is 4.35. The summed E-state index contributed by atoms with van der Waals surface area (Å²) in [6.07, 6.45) is 10.8. The van der Waals surface area contributed by atoms with Crippen LogP contribution >= 0.6 is 0 Å². The number of fused-ring (bicyclic) bond motifs is 4.